The van der Waals surface area contributed by atoms with Crippen LogP contribution in [0.15, 0.2) is 52.9 Å². The van der Waals surface area contributed by atoms with Gasteiger partial charge >= 0.3 is 0 Å². The van der Waals surface area contributed by atoms with E-state index >= 15 is 0 Å². The molecular weight excluding hydrogens is 384 g/mol. The zero-order valence-electron chi connectivity index (χ0n) is 16.8. The predicted octanol–water partition coefficient (Wildman–Crippen LogP) is 3.49. The lowest BCUT2D eigenvalue weighted by Crippen LogP contribution is -2.40. The average molecular weight is 408 g/mol. The second-order valence-corrected chi connectivity index (χ2v) is 7.01. The van der Waals surface area contributed by atoms with Gasteiger partial charge in [0.05, 0.1) is 13.2 Å². The van der Waals surface area contributed by atoms with Gasteiger partial charge in [-0.05, 0) is 30.2 Å². The number of amides is 2. The van der Waals surface area contributed by atoms with Gasteiger partial charge in [-0.1, -0.05) is 37.3 Å². The van der Waals surface area contributed by atoms with Crippen LogP contribution in [0.1, 0.15) is 23.0 Å². The molecule has 1 saturated heterocycles. The Bertz CT molecular complexity index is 1050. The number of anilines is 1. The largest absolute Gasteiger partial charge is 0.483 e. The van der Waals surface area contributed by atoms with Gasteiger partial charge in [-0.3, -0.25) is 9.59 Å². The highest BCUT2D eigenvalue weighted by Crippen LogP contribution is 2.32. The molecule has 0 bridgehead atoms. The number of para-hydroxylation sites is 2. The maximum Gasteiger partial charge on any atom is 0.291 e. The van der Waals surface area contributed by atoms with Crippen molar-refractivity contribution >= 4 is 28.5 Å². The molecule has 2 amide bonds. The van der Waals surface area contributed by atoms with Gasteiger partial charge < -0.3 is 24.1 Å². The molecule has 0 radical (unpaired) electrons. The van der Waals surface area contributed by atoms with E-state index in [0.717, 1.165) is 12.0 Å². The third-order valence-corrected chi connectivity index (χ3v) is 5.06. The second-order valence-electron chi connectivity index (χ2n) is 7.01. The first kappa shape index (κ1) is 20.0. The number of hydrogen-bond donors (Lipinski definition) is 1. The van der Waals surface area contributed by atoms with Crippen molar-refractivity contribution in [2.75, 3.05) is 38.2 Å². The van der Waals surface area contributed by atoms with E-state index in [4.69, 9.17) is 13.9 Å². The quantitative estimate of drug-likeness (QED) is 0.675. The average Bonchev–Trinajstić information content (AvgIpc) is 3.16. The summed E-state index contributed by atoms with van der Waals surface area (Å²) >= 11 is 0. The molecule has 2 aromatic carbocycles. The smallest absolute Gasteiger partial charge is 0.291 e. The van der Waals surface area contributed by atoms with E-state index in [-0.39, 0.29) is 24.2 Å². The molecule has 1 aromatic heterocycles. The number of carbonyl (C=O) groups excluding carboxylic acids is 2. The molecule has 7 heteroatoms. The van der Waals surface area contributed by atoms with Gasteiger partial charge in [-0.2, -0.15) is 0 Å². The number of ether oxygens (including phenoxy) is 2. The van der Waals surface area contributed by atoms with Crippen molar-refractivity contribution in [3.8, 4) is 5.75 Å². The number of hydrogen-bond acceptors (Lipinski definition) is 5. The number of aryl methyl sites for hydroxylation is 1. The molecule has 156 valence electrons. The number of rotatable bonds is 6. The number of carbonyl (C=O) groups is 2. The monoisotopic (exact) mass is 408 g/mol. The molecular formula is C23H24N2O5. The van der Waals surface area contributed by atoms with Crippen LogP contribution in [-0.4, -0.2) is 49.6 Å². The van der Waals surface area contributed by atoms with Crippen LogP contribution in [0.4, 0.5) is 5.69 Å². The summed E-state index contributed by atoms with van der Waals surface area (Å²) in [7, 11) is 0. The standard InChI is InChI=1S/C23H24N2O5/c1-2-16-7-3-5-9-18(16)29-15-20(26)24-21-17-8-4-6-10-19(17)30-22(21)23(27)25-11-13-28-14-12-25/h3-10H,2,11-15H2,1H3,(H,24,26). The topological polar surface area (TPSA) is 81.0 Å². The Balaban J connectivity index is 1.55. The number of nitrogens with one attached hydrogen (secondary N) is 1. The summed E-state index contributed by atoms with van der Waals surface area (Å²) in [6.45, 7) is 3.81. The van der Waals surface area contributed by atoms with Crippen LogP contribution < -0.4 is 10.1 Å². The normalized spacial score (nSPS) is 14.0. The molecule has 2 heterocycles. The first-order valence-corrected chi connectivity index (χ1v) is 10.1. The summed E-state index contributed by atoms with van der Waals surface area (Å²) in [5.41, 5.74) is 1.95. The number of nitrogens with zero attached hydrogens (tertiary/aromatic N) is 1. The number of benzene rings is 2. The van der Waals surface area contributed by atoms with Gasteiger partial charge in [0, 0.05) is 18.5 Å². The lowest BCUT2D eigenvalue weighted by Gasteiger charge is -2.26. The molecule has 1 fully saturated rings. The third kappa shape index (κ3) is 4.16. The van der Waals surface area contributed by atoms with E-state index in [0.29, 0.717) is 48.7 Å². The maximum absolute atomic E-state index is 13.0. The molecule has 0 atom stereocenters. The van der Waals surface area contributed by atoms with E-state index in [1.165, 1.54) is 0 Å². The van der Waals surface area contributed by atoms with E-state index in [2.05, 4.69) is 5.32 Å². The van der Waals surface area contributed by atoms with Crippen molar-refractivity contribution in [3.05, 3.63) is 59.9 Å². The molecule has 3 aromatic rings. The molecule has 0 unspecified atom stereocenters. The van der Waals surface area contributed by atoms with E-state index in [1.54, 1.807) is 11.0 Å². The van der Waals surface area contributed by atoms with Crippen molar-refractivity contribution in [2.45, 2.75) is 13.3 Å². The predicted molar refractivity (Wildman–Crippen MR) is 113 cm³/mol. The van der Waals surface area contributed by atoms with Crippen LogP contribution in [-0.2, 0) is 16.0 Å². The minimum atomic E-state index is -0.358. The van der Waals surface area contributed by atoms with Crippen molar-refractivity contribution in [3.63, 3.8) is 0 Å². The summed E-state index contributed by atoms with van der Waals surface area (Å²) in [5, 5.41) is 3.50. The Kier molecular flexibility index (Phi) is 5.99. The highest BCUT2D eigenvalue weighted by molar-refractivity contribution is 6.11. The van der Waals surface area contributed by atoms with Gasteiger partial charge in [0.15, 0.2) is 6.61 Å². The minimum absolute atomic E-state index is 0.125. The lowest BCUT2D eigenvalue weighted by molar-refractivity contribution is -0.118. The van der Waals surface area contributed by atoms with Crippen LogP contribution in [0.3, 0.4) is 0 Å². The molecule has 1 aliphatic heterocycles. The van der Waals surface area contributed by atoms with E-state index < -0.39 is 0 Å². The fourth-order valence-electron chi connectivity index (χ4n) is 3.49. The van der Waals surface area contributed by atoms with Crippen molar-refractivity contribution < 1.29 is 23.5 Å². The van der Waals surface area contributed by atoms with Crippen LogP contribution in [0.5, 0.6) is 5.75 Å². The fourth-order valence-corrected chi connectivity index (χ4v) is 3.49. The van der Waals surface area contributed by atoms with Crippen LogP contribution in [0.25, 0.3) is 11.0 Å². The van der Waals surface area contributed by atoms with Gasteiger partial charge in [0.2, 0.25) is 5.76 Å². The second kappa shape index (κ2) is 9.00. The maximum atomic E-state index is 13.0. The van der Waals surface area contributed by atoms with Gasteiger partial charge in [0.25, 0.3) is 11.8 Å². The fraction of sp³-hybridized carbons (Fsp3) is 0.304. The van der Waals surface area contributed by atoms with Gasteiger partial charge in [-0.15, -0.1) is 0 Å². The summed E-state index contributed by atoms with van der Waals surface area (Å²) in [5.74, 6) is 0.183. The molecule has 1 N–H and O–H groups in total. The lowest BCUT2D eigenvalue weighted by atomic mass is 10.1. The molecule has 30 heavy (non-hydrogen) atoms. The highest BCUT2D eigenvalue weighted by Gasteiger charge is 2.27. The van der Waals surface area contributed by atoms with Gasteiger partial charge in [0.1, 0.15) is 17.0 Å². The van der Waals surface area contributed by atoms with Crippen molar-refractivity contribution in [1.82, 2.24) is 4.90 Å². The Morgan fingerprint density at radius 3 is 2.60 bits per heavy atom. The first-order valence-electron chi connectivity index (χ1n) is 10.1. The number of fused-ring (bicyclic) bond motifs is 1. The number of morpholine rings is 1. The Hall–Kier alpha value is -3.32. The third-order valence-electron chi connectivity index (χ3n) is 5.06. The zero-order valence-corrected chi connectivity index (χ0v) is 16.8. The van der Waals surface area contributed by atoms with E-state index in [9.17, 15) is 9.59 Å². The molecule has 0 spiro atoms. The summed E-state index contributed by atoms with van der Waals surface area (Å²) in [6.07, 6.45) is 0.808. The first-order chi connectivity index (χ1) is 14.7. The van der Waals surface area contributed by atoms with E-state index in [1.807, 2.05) is 49.4 Å². The van der Waals surface area contributed by atoms with Crippen LogP contribution >= 0.6 is 0 Å². The summed E-state index contributed by atoms with van der Waals surface area (Å²) in [6, 6.07) is 14.9. The molecule has 0 aliphatic carbocycles. The Labute approximate surface area is 174 Å². The zero-order chi connectivity index (χ0) is 20.9. The summed E-state index contributed by atoms with van der Waals surface area (Å²) in [4.78, 5) is 27.4. The minimum Gasteiger partial charge on any atom is -0.483 e. The van der Waals surface area contributed by atoms with Crippen molar-refractivity contribution in [2.24, 2.45) is 0 Å². The van der Waals surface area contributed by atoms with Crippen molar-refractivity contribution in [1.29, 1.82) is 0 Å². The Morgan fingerprint density at radius 2 is 1.80 bits per heavy atom. The highest BCUT2D eigenvalue weighted by atomic mass is 16.5. The molecule has 1 aliphatic rings. The van der Waals surface area contributed by atoms with Gasteiger partial charge in [-0.25, -0.2) is 0 Å². The molecule has 0 saturated carbocycles. The summed E-state index contributed by atoms with van der Waals surface area (Å²) < 4.78 is 16.9. The van der Waals surface area contributed by atoms with Crippen LogP contribution in [0.2, 0.25) is 0 Å². The number of furan rings is 1. The SMILES string of the molecule is CCc1ccccc1OCC(=O)Nc1c(C(=O)N2CCOCC2)oc2ccccc12. The Morgan fingerprint density at radius 1 is 1.07 bits per heavy atom. The molecule has 4 rings (SSSR count). The van der Waals surface area contributed by atoms with Crippen LogP contribution in [0, 0.1) is 0 Å². The molecule has 7 nitrogen and oxygen atoms in total.